The number of anilines is 3. The number of nitriles is 1. The standard InChI is InChI=1S/C30H29ClN6O3.H2O4S/c1-4-39-28-16-25-23(15-26(28)36-29(38)9-7-13-37(2)3)30(20(17-32)18-34-25)35-21-10-11-27(24(31)14-21)40-19-22-8-5-6-12-33-22;1-5(2,3)4/h5-12,14-16,18H,4,13,19H2,1-3H3,(H,34,35)(H,36,38);(H2,1,2,3,4)/b9-7+;. The summed E-state index contributed by atoms with van der Waals surface area (Å²) in [5, 5.41) is 17.0. The molecule has 0 saturated heterocycles. The summed E-state index contributed by atoms with van der Waals surface area (Å²) in [5.74, 6) is 0.686. The zero-order valence-corrected chi connectivity index (χ0v) is 26.1. The van der Waals surface area contributed by atoms with Gasteiger partial charge in [-0.1, -0.05) is 23.7 Å². The van der Waals surface area contributed by atoms with Gasteiger partial charge in [0.05, 0.1) is 39.8 Å². The molecule has 0 unspecified atom stereocenters. The highest BCUT2D eigenvalue weighted by Gasteiger charge is 2.16. The second-order valence-corrected chi connectivity index (χ2v) is 10.7. The minimum atomic E-state index is -4.67. The Hall–Kier alpha value is -4.78. The van der Waals surface area contributed by atoms with Gasteiger partial charge in [0.2, 0.25) is 5.91 Å². The zero-order valence-electron chi connectivity index (χ0n) is 24.6. The molecule has 4 aromatic rings. The number of hydrogen-bond donors (Lipinski definition) is 4. The highest BCUT2D eigenvalue weighted by atomic mass is 35.5. The lowest BCUT2D eigenvalue weighted by atomic mass is 10.1. The Morgan fingerprint density at radius 3 is 2.49 bits per heavy atom. The van der Waals surface area contributed by atoms with Crippen LogP contribution in [0.4, 0.5) is 17.1 Å². The summed E-state index contributed by atoms with van der Waals surface area (Å²) in [6.45, 7) is 3.17. The monoisotopic (exact) mass is 654 g/mol. The molecule has 236 valence electrons. The lowest BCUT2D eigenvalue weighted by Gasteiger charge is -2.16. The van der Waals surface area contributed by atoms with Crippen molar-refractivity contribution in [2.75, 3.05) is 37.9 Å². The fourth-order valence-electron chi connectivity index (χ4n) is 3.83. The van der Waals surface area contributed by atoms with Crippen molar-refractivity contribution in [2.45, 2.75) is 13.5 Å². The molecule has 2 heterocycles. The smallest absolute Gasteiger partial charge is 0.394 e. The van der Waals surface area contributed by atoms with E-state index in [2.05, 4.69) is 26.7 Å². The van der Waals surface area contributed by atoms with E-state index in [1.165, 1.54) is 12.3 Å². The second-order valence-electron chi connectivity index (χ2n) is 9.44. The molecule has 15 heteroatoms. The minimum absolute atomic E-state index is 0.280. The fraction of sp³-hybridized carbons (Fsp3) is 0.200. The number of aromatic nitrogens is 2. The van der Waals surface area contributed by atoms with Gasteiger partial charge in [0, 0.05) is 42.2 Å². The number of carbonyl (C=O) groups excluding carboxylic acids is 1. The predicted octanol–water partition coefficient (Wildman–Crippen LogP) is 5.28. The van der Waals surface area contributed by atoms with Crippen molar-refractivity contribution >= 4 is 55.9 Å². The second kappa shape index (κ2) is 16.3. The van der Waals surface area contributed by atoms with E-state index in [1.54, 1.807) is 42.6 Å². The summed E-state index contributed by atoms with van der Waals surface area (Å²) in [6.07, 6.45) is 6.44. The molecule has 2 aromatic carbocycles. The van der Waals surface area contributed by atoms with Crippen LogP contribution >= 0.6 is 11.6 Å². The van der Waals surface area contributed by atoms with E-state index in [4.69, 9.17) is 38.6 Å². The molecule has 0 aliphatic rings. The first-order valence-corrected chi connectivity index (χ1v) is 15.1. The van der Waals surface area contributed by atoms with Crippen molar-refractivity contribution < 1.29 is 31.8 Å². The largest absolute Gasteiger partial charge is 0.492 e. The van der Waals surface area contributed by atoms with Crippen molar-refractivity contribution in [3.8, 4) is 17.6 Å². The van der Waals surface area contributed by atoms with Crippen molar-refractivity contribution in [1.82, 2.24) is 14.9 Å². The molecular weight excluding hydrogens is 624 g/mol. The zero-order chi connectivity index (χ0) is 33.0. The van der Waals surface area contributed by atoms with Gasteiger partial charge >= 0.3 is 10.4 Å². The van der Waals surface area contributed by atoms with Gasteiger partial charge in [-0.2, -0.15) is 13.7 Å². The van der Waals surface area contributed by atoms with Crippen molar-refractivity contribution in [3.05, 3.63) is 89.4 Å². The van der Waals surface area contributed by atoms with E-state index in [9.17, 15) is 10.1 Å². The Morgan fingerprint density at radius 1 is 1.11 bits per heavy atom. The number of nitrogens with zero attached hydrogens (tertiary/aromatic N) is 4. The number of benzene rings is 2. The lowest BCUT2D eigenvalue weighted by Crippen LogP contribution is -2.13. The molecule has 4 rings (SSSR count). The third kappa shape index (κ3) is 11.3. The third-order valence-electron chi connectivity index (χ3n) is 5.69. The first-order valence-electron chi connectivity index (χ1n) is 13.3. The van der Waals surface area contributed by atoms with E-state index in [0.29, 0.717) is 63.2 Å². The number of carbonyl (C=O) groups is 1. The van der Waals surface area contributed by atoms with Crippen LogP contribution in [-0.2, 0) is 21.8 Å². The maximum atomic E-state index is 12.6. The summed E-state index contributed by atoms with van der Waals surface area (Å²) in [6, 6.07) is 16.6. The molecule has 13 nitrogen and oxygen atoms in total. The van der Waals surface area contributed by atoms with Crippen LogP contribution in [0.5, 0.6) is 11.5 Å². The van der Waals surface area contributed by atoms with Crippen LogP contribution in [0.15, 0.2) is 73.1 Å². The number of halogens is 1. The van der Waals surface area contributed by atoms with E-state index in [-0.39, 0.29) is 12.5 Å². The Balaban J connectivity index is 0.00000102. The molecule has 0 aliphatic carbocycles. The SMILES string of the molecule is CCOc1cc2ncc(C#N)c(Nc3ccc(OCc4ccccn4)c(Cl)c3)c2cc1NC(=O)/C=C/CN(C)C.O=S(=O)(O)O. The van der Waals surface area contributed by atoms with Gasteiger partial charge in [0.25, 0.3) is 0 Å². The van der Waals surface area contributed by atoms with Gasteiger partial charge in [0.15, 0.2) is 0 Å². The third-order valence-corrected chi connectivity index (χ3v) is 5.99. The van der Waals surface area contributed by atoms with Gasteiger partial charge in [-0.15, -0.1) is 0 Å². The van der Waals surface area contributed by atoms with Crippen LogP contribution in [0, 0.1) is 11.3 Å². The average molecular weight is 655 g/mol. The predicted molar refractivity (Wildman–Crippen MR) is 171 cm³/mol. The molecule has 0 bridgehead atoms. The Bertz CT molecular complexity index is 1810. The summed E-state index contributed by atoms with van der Waals surface area (Å²) in [7, 11) is -0.827. The quantitative estimate of drug-likeness (QED) is 0.121. The Labute approximate surface area is 265 Å². The Kier molecular flexibility index (Phi) is 12.6. The van der Waals surface area contributed by atoms with Crippen LogP contribution in [0.25, 0.3) is 10.9 Å². The number of likely N-dealkylation sites (N-methyl/N-ethyl adjacent to an activating group) is 1. The highest BCUT2D eigenvalue weighted by Crippen LogP contribution is 2.37. The number of ether oxygens (including phenoxy) is 2. The molecule has 0 atom stereocenters. The van der Waals surface area contributed by atoms with Gasteiger partial charge in [-0.25, -0.2) is 0 Å². The molecule has 0 saturated carbocycles. The fourth-order valence-corrected chi connectivity index (χ4v) is 4.07. The van der Waals surface area contributed by atoms with Crippen molar-refractivity contribution in [2.24, 2.45) is 0 Å². The first kappa shape index (κ1) is 34.7. The summed E-state index contributed by atoms with van der Waals surface area (Å²) in [5.41, 5.74) is 3.33. The summed E-state index contributed by atoms with van der Waals surface area (Å²) < 4.78 is 43.2. The average Bonchev–Trinajstić information content (AvgIpc) is 2.97. The summed E-state index contributed by atoms with van der Waals surface area (Å²) in [4.78, 5) is 23.3. The number of pyridine rings is 2. The number of rotatable bonds is 11. The van der Waals surface area contributed by atoms with E-state index >= 15 is 0 Å². The molecule has 4 N–H and O–H groups in total. The molecule has 1 amide bonds. The van der Waals surface area contributed by atoms with E-state index in [1.807, 2.05) is 44.1 Å². The van der Waals surface area contributed by atoms with Crippen molar-refractivity contribution in [1.29, 1.82) is 5.26 Å². The van der Waals surface area contributed by atoms with Crippen LogP contribution in [0.3, 0.4) is 0 Å². The summed E-state index contributed by atoms with van der Waals surface area (Å²) >= 11 is 6.52. The maximum absolute atomic E-state index is 12.6. The van der Waals surface area contributed by atoms with Gasteiger partial charge in [0.1, 0.15) is 24.2 Å². The highest BCUT2D eigenvalue weighted by molar-refractivity contribution is 7.79. The van der Waals surface area contributed by atoms with Crippen LogP contribution in [0.1, 0.15) is 18.2 Å². The molecule has 0 aliphatic heterocycles. The van der Waals surface area contributed by atoms with Gasteiger partial charge in [-0.05, 0) is 57.4 Å². The van der Waals surface area contributed by atoms with Gasteiger partial charge < -0.3 is 25.0 Å². The number of amides is 1. The van der Waals surface area contributed by atoms with Crippen molar-refractivity contribution in [3.63, 3.8) is 0 Å². The number of hydrogen-bond acceptors (Lipinski definition) is 10. The van der Waals surface area contributed by atoms with E-state index in [0.717, 1.165) is 5.69 Å². The molecule has 2 aromatic heterocycles. The van der Waals surface area contributed by atoms with Gasteiger partial charge in [-0.3, -0.25) is 23.9 Å². The van der Waals surface area contributed by atoms with E-state index < -0.39 is 10.4 Å². The van der Waals surface area contributed by atoms with Crippen LogP contribution in [0.2, 0.25) is 5.02 Å². The normalized spacial score (nSPS) is 11.1. The topological polar surface area (TPSA) is 187 Å². The van der Waals surface area contributed by atoms with Crippen LogP contribution in [-0.4, -0.2) is 65.5 Å². The van der Waals surface area contributed by atoms with Crippen LogP contribution < -0.4 is 20.1 Å². The number of fused-ring (bicyclic) bond motifs is 1. The minimum Gasteiger partial charge on any atom is -0.492 e. The molecule has 45 heavy (non-hydrogen) atoms. The Morgan fingerprint density at radius 2 is 1.87 bits per heavy atom. The maximum Gasteiger partial charge on any atom is 0.394 e. The molecule has 0 spiro atoms. The first-order chi connectivity index (χ1) is 21.4. The molecule has 0 radical (unpaired) electrons. The molecule has 0 fully saturated rings. The lowest BCUT2D eigenvalue weighted by molar-refractivity contribution is -0.111. The number of nitrogens with one attached hydrogen (secondary N) is 2. The molecular formula is C30H31ClN6O7S.